The van der Waals surface area contributed by atoms with Crippen LogP contribution in [-0.4, -0.2) is 56.7 Å². The van der Waals surface area contributed by atoms with E-state index in [1.165, 1.54) is 45.0 Å². The summed E-state index contributed by atoms with van der Waals surface area (Å²) in [6, 6.07) is 6.68. The molecule has 2 N–H and O–H groups in total. The van der Waals surface area contributed by atoms with E-state index in [9.17, 15) is 42.3 Å². The summed E-state index contributed by atoms with van der Waals surface area (Å²) in [5.41, 5.74) is 5.27. The number of nitrogens with two attached hydrogens (primary N) is 1. The summed E-state index contributed by atoms with van der Waals surface area (Å²) in [7, 11) is 0. The number of benzene rings is 2. The number of thioether (sulfide) groups is 2. The lowest BCUT2D eigenvalue weighted by atomic mass is 10.0. The van der Waals surface area contributed by atoms with Gasteiger partial charge in [-0.05, 0) is 50.6 Å². The van der Waals surface area contributed by atoms with Crippen molar-refractivity contribution < 1.29 is 47.1 Å². The molecule has 14 heteroatoms. The zero-order valence-electron chi connectivity index (χ0n) is 24.8. The SMILES string of the molecule is CC(=O)CC(CSC(=O)c1cc(-c2ccc(F)cc2F)ccc1OC(=O)C(CSC(=O)C(CS)CC(C)=O)CC(C)=O)C(N)=O. The Morgan fingerprint density at radius 3 is 1.93 bits per heavy atom. The van der Waals surface area contributed by atoms with E-state index in [-0.39, 0.29) is 81.4 Å². The molecule has 242 valence electrons. The first-order valence-corrected chi connectivity index (χ1v) is 16.3. The van der Waals surface area contributed by atoms with Gasteiger partial charge in [-0.25, -0.2) is 8.78 Å². The molecular formula is C31H33F2NO8S3. The molecule has 0 bridgehead atoms. The molecule has 1 amide bonds. The van der Waals surface area contributed by atoms with Crippen LogP contribution < -0.4 is 10.5 Å². The number of primary amides is 1. The maximum Gasteiger partial charge on any atom is 0.315 e. The van der Waals surface area contributed by atoms with Crippen molar-refractivity contribution >= 4 is 75.6 Å². The van der Waals surface area contributed by atoms with Gasteiger partial charge in [0.1, 0.15) is 34.7 Å². The fraction of sp³-hybridized carbons (Fsp3) is 0.387. The third kappa shape index (κ3) is 12.2. The number of Topliss-reactive ketones (excluding diaryl/α,β-unsaturated/α-hetero) is 3. The fourth-order valence-electron chi connectivity index (χ4n) is 4.13. The van der Waals surface area contributed by atoms with Crippen molar-refractivity contribution in [2.75, 3.05) is 17.3 Å². The molecule has 0 saturated heterocycles. The quantitative estimate of drug-likeness (QED) is 0.134. The van der Waals surface area contributed by atoms with Crippen molar-refractivity contribution in [3.8, 4) is 16.9 Å². The first-order chi connectivity index (χ1) is 21.1. The summed E-state index contributed by atoms with van der Waals surface area (Å²) in [6.07, 6.45) is -0.494. The molecule has 0 radical (unpaired) electrons. The molecule has 0 aliphatic carbocycles. The summed E-state index contributed by atoms with van der Waals surface area (Å²) in [4.78, 5) is 86.2. The van der Waals surface area contributed by atoms with E-state index in [0.717, 1.165) is 17.8 Å². The molecule has 2 aromatic carbocycles. The van der Waals surface area contributed by atoms with Gasteiger partial charge in [0.25, 0.3) is 0 Å². The van der Waals surface area contributed by atoms with Gasteiger partial charge in [-0.1, -0.05) is 29.6 Å². The smallest absolute Gasteiger partial charge is 0.315 e. The van der Waals surface area contributed by atoms with Gasteiger partial charge in [0, 0.05) is 54.1 Å². The highest BCUT2D eigenvalue weighted by Gasteiger charge is 2.29. The molecule has 0 saturated carbocycles. The van der Waals surface area contributed by atoms with Crippen LogP contribution in [-0.2, 0) is 28.8 Å². The number of amides is 1. The Bertz CT molecular complexity index is 1480. The summed E-state index contributed by atoms with van der Waals surface area (Å²) in [6.45, 7) is 3.87. The zero-order chi connectivity index (χ0) is 33.8. The highest BCUT2D eigenvalue weighted by atomic mass is 32.2. The number of carbonyl (C=O) groups excluding carboxylic acids is 7. The Morgan fingerprint density at radius 1 is 0.800 bits per heavy atom. The lowest BCUT2D eigenvalue weighted by Crippen LogP contribution is -2.28. The molecule has 0 spiro atoms. The lowest BCUT2D eigenvalue weighted by molar-refractivity contribution is -0.140. The normalized spacial score (nSPS) is 12.9. The van der Waals surface area contributed by atoms with E-state index in [0.29, 0.717) is 17.8 Å². The maximum atomic E-state index is 14.6. The standard InChI is InChI=1S/C31H33F2NO8S3/c1-16(35)8-20(13-43)30(40)44-15-22(10-18(3)37)29(39)42-27-7-4-19(24-6-5-23(32)12-26(24)33)11-25(27)31(41)45-14-21(28(34)38)9-17(2)36/h4-7,11-12,20-22,43H,8-10,13-15H2,1-3H3,(H2,34,38). The number of hydrogen-bond donors (Lipinski definition) is 2. The monoisotopic (exact) mass is 681 g/mol. The Labute approximate surface area is 273 Å². The minimum Gasteiger partial charge on any atom is -0.425 e. The van der Waals surface area contributed by atoms with Gasteiger partial charge in [-0.2, -0.15) is 12.6 Å². The van der Waals surface area contributed by atoms with E-state index < -0.39 is 46.4 Å². The third-order valence-corrected chi connectivity index (χ3v) is 9.06. The van der Waals surface area contributed by atoms with Gasteiger partial charge in [0.05, 0.1) is 17.4 Å². The van der Waals surface area contributed by atoms with E-state index in [4.69, 9.17) is 10.5 Å². The molecule has 2 aromatic rings. The molecule has 0 aromatic heterocycles. The second-order valence-corrected chi connectivity index (χ2v) is 12.8. The minimum atomic E-state index is -1.10. The topological polar surface area (TPSA) is 155 Å². The van der Waals surface area contributed by atoms with E-state index in [2.05, 4.69) is 12.6 Å². The van der Waals surface area contributed by atoms with Gasteiger partial charge in [0.2, 0.25) is 11.0 Å². The van der Waals surface area contributed by atoms with Crippen LogP contribution in [0.2, 0.25) is 0 Å². The van der Waals surface area contributed by atoms with Crippen molar-refractivity contribution in [2.24, 2.45) is 23.5 Å². The average Bonchev–Trinajstić information content (AvgIpc) is 2.95. The first kappa shape index (κ1) is 37.8. The lowest BCUT2D eigenvalue weighted by Gasteiger charge is -2.18. The zero-order valence-corrected chi connectivity index (χ0v) is 27.3. The van der Waals surface area contributed by atoms with Gasteiger partial charge in [-0.15, -0.1) is 0 Å². The Kier molecular flexibility index (Phi) is 15.1. The second kappa shape index (κ2) is 18.0. The molecule has 0 aliphatic heterocycles. The average molecular weight is 682 g/mol. The fourth-order valence-corrected chi connectivity index (χ4v) is 6.52. The number of thiol groups is 1. The van der Waals surface area contributed by atoms with Crippen molar-refractivity contribution in [1.29, 1.82) is 0 Å². The number of esters is 1. The molecule has 3 atom stereocenters. The van der Waals surface area contributed by atoms with E-state index in [1.807, 2.05) is 0 Å². The van der Waals surface area contributed by atoms with Crippen LogP contribution in [0.1, 0.15) is 50.4 Å². The number of hydrogen-bond acceptors (Lipinski definition) is 11. The number of carbonyl (C=O) groups is 7. The van der Waals surface area contributed by atoms with Crippen molar-refractivity contribution in [1.82, 2.24) is 0 Å². The number of ether oxygens (including phenoxy) is 1. The second-order valence-electron chi connectivity index (χ2n) is 10.4. The number of halogens is 2. The number of rotatable bonds is 17. The van der Waals surface area contributed by atoms with Crippen molar-refractivity contribution in [3.63, 3.8) is 0 Å². The van der Waals surface area contributed by atoms with Crippen LogP contribution in [0.25, 0.3) is 11.1 Å². The maximum absolute atomic E-state index is 14.6. The predicted molar refractivity (Wildman–Crippen MR) is 171 cm³/mol. The van der Waals surface area contributed by atoms with E-state index >= 15 is 0 Å². The predicted octanol–water partition coefficient (Wildman–Crippen LogP) is 4.87. The van der Waals surface area contributed by atoms with Gasteiger partial charge < -0.3 is 24.9 Å². The summed E-state index contributed by atoms with van der Waals surface area (Å²) in [5.74, 6) is -7.53. The van der Waals surface area contributed by atoms with Crippen LogP contribution >= 0.6 is 36.2 Å². The minimum absolute atomic E-state index is 0.0235. The Morgan fingerprint density at radius 2 is 1.38 bits per heavy atom. The highest BCUT2D eigenvalue weighted by molar-refractivity contribution is 8.14. The largest absolute Gasteiger partial charge is 0.425 e. The molecule has 0 heterocycles. The number of ketones is 3. The summed E-state index contributed by atoms with van der Waals surface area (Å²) in [5, 5.41) is -1.08. The molecular weight excluding hydrogens is 649 g/mol. The molecule has 0 fully saturated rings. The van der Waals surface area contributed by atoms with Crippen LogP contribution in [0.4, 0.5) is 8.78 Å². The van der Waals surface area contributed by atoms with Crippen LogP contribution in [0.5, 0.6) is 5.75 Å². The third-order valence-electron chi connectivity index (χ3n) is 6.39. The molecule has 0 aliphatic rings. The van der Waals surface area contributed by atoms with Crippen LogP contribution in [0, 0.1) is 29.4 Å². The molecule has 45 heavy (non-hydrogen) atoms. The molecule has 9 nitrogen and oxygen atoms in total. The van der Waals surface area contributed by atoms with Crippen LogP contribution in [0.15, 0.2) is 36.4 Å². The van der Waals surface area contributed by atoms with Gasteiger partial charge in [0.15, 0.2) is 5.12 Å². The Balaban J connectivity index is 2.41. The summed E-state index contributed by atoms with van der Waals surface area (Å²) >= 11 is 5.51. The van der Waals surface area contributed by atoms with Crippen molar-refractivity contribution in [3.05, 3.63) is 53.6 Å². The first-order valence-electron chi connectivity index (χ1n) is 13.7. The van der Waals surface area contributed by atoms with Crippen LogP contribution in [0.3, 0.4) is 0 Å². The highest BCUT2D eigenvalue weighted by Crippen LogP contribution is 2.33. The van der Waals surface area contributed by atoms with E-state index in [1.54, 1.807) is 0 Å². The Hall–Kier alpha value is -3.36. The molecule has 2 rings (SSSR count). The summed E-state index contributed by atoms with van der Waals surface area (Å²) < 4.78 is 33.7. The van der Waals surface area contributed by atoms with Gasteiger partial charge >= 0.3 is 5.97 Å². The van der Waals surface area contributed by atoms with Gasteiger partial charge in [-0.3, -0.25) is 19.2 Å². The van der Waals surface area contributed by atoms with Crippen molar-refractivity contribution in [2.45, 2.75) is 40.0 Å². The molecule has 3 unspecified atom stereocenters.